The summed E-state index contributed by atoms with van der Waals surface area (Å²) >= 11 is 0. The van der Waals surface area contributed by atoms with Crippen LogP contribution in [0.25, 0.3) is 11.3 Å². The number of hydrogen-bond acceptors (Lipinski definition) is 1. The van der Waals surface area contributed by atoms with Crippen molar-refractivity contribution in [3.05, 3.63) is 54.2 Å². The zero-order valence-corrected chi connectivity index (χ0v) is 10.6. The molecule has 2 rings (SSSR count). The lowest BCUT2D eigenvalue weighted by Gasteiger charge is -2.11. The highest BCUT2D eigenvalue weighted by atomic mass is 14.7. The van der Waals surface area contributed by atoms with Crippen LogP contribution >= 0.6 is 0 Å². The highest BCUT2D eigenvalue weighted by Gasteiger charge is 2.06. The zero-order valence-electron chi connectivity index (χ0n) is 10.6. The third kappa shape index (κ3) is 2.94. The smallest absolute Gasteiger partial charge is 0.0704 e. The fourth-order valence-corrected chi connectivity index (χ4v) is 2.12. The fraction of sp³-hybridized carbons (Fsp3) is 0.312. The van der Waals surface area contributed by atoms with Crippen LogP contribution in [0.3, 0.4) is 0 Å². The van der Waals surface area contributed by atoms with Gasteiger partial charge in [0.05, 0.1) is 5.69 Å². The van der Waals surface area contributed by atoms with E-state index in [2.05, 4.69) is 55.2 Å². The normalized spacial score (nSPS) is 12.4. The van der Waals surface area contributed by atoms with E-state index in [0.717, 1.165) is 5.69 Å². The number of nitrogens with zero attached hydrogens (tertiary/aromatic N) is 1. The van der Waals surface area contributed by atoms with Crippen molar-refractivity contribution >= 4 is 0 Å². The van der Waals surface area contributed by atoms with Gasteiger partial charge in [0.15, 0.2) is 0 Å². The summed E-state index contributed by atoms with van der Waals surface area (Å²) in [6.07, 6.45) is 4.38. The Hall–Kier alpha value is -1.63. The van der Waals surface area contributed by atoms with Gasteiger partial charge in [0.1, 0.15) is 0 Å². The van der Waals surface area contributed by atoms with Gasteiger partial charge in [-0.2, -0.15) is 0 Å². The van der Waals surface area contributed by atoms with Crippen LogP contribution < -0.4 is 0 Å². The lowest BCUT2D eigenvalue weighted by atomic mass is 9.96. The molecule has 0 saturated carbocycles. The van der Waals surface area contributed by atoms with E-state index in [1.165, 1.54) is 24.0 Å². The molecule has 1 heteroatoms. The Morgan fingerprint density at radius 2 is 1.88 bits per heavy atom. The SMILES string of the molecule is CCC[C@H](C)c1ccnc(-c2ccccc2)c1. The molecule has 17 heavy (non-hydrogen) atoms. The van der Waals surface area contributed by atoms with Crippen LogP contribution in [0.15, 0.2) is 48.7 Å². The summed E-state index contributed by atoms with van der Waals surface area (Å²) in [5.41, 5.74) is 3.66. The van der Waals surface area contributed by atoms with E-state index >= 15 is 0 Å². The summed E-state index contributed by atoms with van der Waals surface area (Å²) in [4.78, 5) is 4.45. The maximum Gasteiger partial charge on any atom is 0.0704 e. The van der Waals surface area contributed by atoms with E-state index < -0.39 is 0 Å². The maximum atomic E-state index is 4.45. The molecule has 2 aromatic rings. The number of aromatic nitrogens is 1. The molecular formula is C16H19N. The van der Waals surface area contributed by atoms with Crippen molar-refractivity contribution in [1.82, 2.24) is 4.98 Å². The van der Waals surface area contributed by atoms with Crippen molar-refractivity contribution in [3.63, 3.8) is 0 Å². The molecule has 1 heterocycles. The predicted molar refractivity (Wildman–Crippen MR) is 73.0 cm³/mol. The minimum Gasteiger partial charge on any atom is -0.256 e. The monoisotopic (exact) mass is 225 g/mol. The van der Waals surface area contributed by atoms with Gasteiger partial charge >= 0.3 is 0 Å². The first-order chi connectivity index (χ1) is 8.31. The van der Waals surface area contributed by atoms with Gasteiger partial charge in [0.25, 0.3) is 0 Å². The van der Waals surface area contributed by atoms with Crippen molar-refractivity contribution in [2.45, 2.75) is 32.6 Å². The minimum absolute atomic E-state index is 0.616. The quantitative estimate of drug-likeness (QED) is 0.738. The highest BCUT2D eigenvalue weighted by molar-refractivity contribution is 5.59. The van der Waals surface area contributed by atoms with Crippen molar-refractivity contribution in [2.24, 2.45) is 0 Å². The second kappa shape index (κ2) is 5.62. The first kappa shape index (κ1) is 11.8. The number of benzene rings is 1. The van der Waals surface area contributed by atoms with Crippen LogP contribution in [-0.4, -0.2) is 4.98 Å². The third-order valence-corrected chi connectivity index (χ3v) is 3.14. The topological polar surface area (TPSA) is 12.9 Å². The van der Waals surface area contributed by atoms with Crippen LogP contribution in [0.2, 0.25) is 0 Å². The molecular weight excluding hydrogens is 206 g/mol. The first-order valence-electron chi connectivity index (χ1n) is 6.32. The Balaban J connectivity index is 2.29. The van der Waals surface area contributed by atoms with Gasteiger partial charge in [-0.05, 0) is 30.0 Å². The molecule has 0 aliphatic heterocycles. The molecule has 88 valence electrons. The Kier molecular flexibility index (Phi) is 3.92. The molecule has 0 saturated heterocycles. The third-order valence-electron chi connectivity index (χ3n) is 3.14. The molecule has 1 aromatic heterocycles. The lowest BCUT2D eigenvalue weighted by molar-refractivity contribution is 0.664. The van der Waals surface area contributed by atoms with Crippen LogP contribution in [0.1, 0.15) is 38.2 Å². The van der Waals surface area contributed by atoms with Crippen LogP contribution in [0, 0.1) is 0 Å². The van der Waals surface area contributed by atoms with Crippen LogP contribution in [-0.2, 0) is 0 Å². The molecule has 0 fully saturated rings. The van der Waals surface area contributed by atoms with Crippen molar-refractivity contribution in [3.8, 4) is 11.3 Å². The van der Waals surface area contributed by atoms with Gasteiger partial charge < -0.3 is 0 Å². The number of hydrogen-bond donors (Lipinski definition) is 0. The Morgan fingerprint density at radius 1 is 1.12 bits per heavy atom. The molecule has 0 bridgehead atoms. The molecule has 0 unspecified atom stereocenters. The van der Waals surface area contributed by atoms with Gasteiger partial charge in [-0.1, -0.05) is 50.6 Å². The standard InChI is InChI=1S/C16H19N/c1-3-7-13(2)15-10-11-17-16(12-15)14-8-5-4-6-9-14/h4-6,8-13H,3,7H2,1-2H3/t13-/m0/s1. The van der Waals surface area contributed by atoms with E-state index in [9.17, 15) is 0 Å². The molecule has 0 radical (unpaired) electrons. The van der Waals surface area contributed by atoms with Crippen LogP contribution in [0.5, 0.6) is 0 Å². The minimum atomic E-state index is 0.616. The maximum absolute atomic E-state index is 4.45. The summed E-state index contributed by atoms with van der Waals surface area (Å²) < 4.78 is 0. The van der Waals surface area contributed by atoms with E-state index in [-0.39, 0.29) is 0 Å². The van der Waals surface area contributed by atoms with Gasteiger partial charge in [-0.3, -0.25) is 4.98 Å². The summed E-state index contributed by atoms with van der Waals surface area (Å²) in [5, 5.41) is 0. The van der Waals surface area contributed by atoms with E-state index in [1.54, 1.807) is 0 Å². The molecule has 0 amide bonds. The first-order valence-corrected chi connectivity index (χ1v) is 6.32. The molecule has 1 nitrogen and oxygen atoms in total. The molecule has 1 aromatic carbocycles. The lowest BCUT2D eigenvalue weighted by Crippen LogP contribution is -1.94. The Bertz CT molecular complexity index is 462. The van der Waals surface area contributed by atoms with Gasteiger partial charge in [-0.15, -0.1) is 0 Å². The summed E-state index contributed by atoms with van der Waals surface area (Å²) in [7, 11) is 0. The molecule has 0 N–H and O–H groups in total. The summed E-state index contributed by atoms with van der Waals surface area (Å²) in [6.45, 7) is 4.52. The summed E-state index contributed by atoms with van der Waals surface area (Å²) in [6, 6.07) is 14.7. The van der Waals surface area contributed by atoms with E-state index in [4.69, 9.17) is 0 Å². The van der Waals surface area contributed by atoms with E-state index in [1.807, 2.05) is 12.3 Å². The number of pyridine rings is 1. The highest BCUT2D eigenvalue weighted by Crippen LogP contribution is 2.24. The largest absolute Gasteiger partial charge is 0.256 e. The average molecular weight is 225 g/mol. The molecule has 0 spiro atoms. The Labute approximate surface area is 104 Å². The zero-order chi connectivity index (χ0) is 12.1. The second-order valence-corrected chi connectivity index (χ2v) is 4.53. The predicted octanol–water partition coefficient (Wildman–Crippen LogP) is 4.65. The van der Waals surface area contributed by atoms with E-state index in [0.29, 0.717) is 5.92 Å². The summed E-state index contributed by atoms with van der Waals surface area (Å²) in [5.74, 6) is 0.616. The fourth-order valence-electron chi connectivity index (χ4n) is 2.12. The van der Waals surface area contributed by atoms with Gasteiger partial charge in [0.2, 0.25) is 0 Å². The van der Waals surface area contributed by atoms with Crippen LogP contribution in [0.4, 0.5) is 0 Å². The van der Waals surface area contributed by atoms with Crippen molar-refractivity contribution in [2.75, 3.05) is 0 Å². The van der Waals surface area contributed by atoms with Crippen molar-refractivity contribution < 1.29 is 0 Å². The molecule has 1 atom stereocenters. The molecule has 0 aliphatic rings. The number of rotatable bonds is 4. The van der Waals surface area contributed by atoms with Gasteiger partial charge in [0, 0.05) is 11.8 Å². The average Bonchev–Trinajstić information content (AvgIpc) is 2.40. The Morgan fingerprint density at radius 3 is 2.59 bits per heavy atom. The molecule has 0 aliphatic carbocycles. The second-order valence-electron chi connectivity index (χ2n) is 4.53. The van der Waals surface area contributed by atoms with Crippen molar-refractivity contribution in [1.29, 1.82) is 0 Å². The van der Waals surface area contributed by atoms with Gasteiger partial charge in [-0.25, -0.2) is 0 Å².